The molecule has 0 aliphatic rings. The van der Waals surface area contributed by atoms with Crippen molar-refractivity contribution < 1.29 is 24.1 Å². The van der Waals surface area contributed by atoms with E-state index in [2.05, 4.69) is 12.8 Å². The van der Waals surface area contributed by atoms with Crippen LogP contribution in [0, 0.1) is 26.7 Å². The molecule has 0 bridgehead atoms. The Bertz CT molecular complexity index is 1240. The van der Waals surface area contributed by atoms with Crippen LogP contribution in [0.2, 0.25) is 0 Å². The van der Waals surface area contributed by atoms with Gasteiger partial charge in [0.15, 0.2) is 0 Å². The maximum Gasteiger partial charge on any atom is 0.307 e. The van der Waals surface area contributed by atoms with Gasteiger partial charge in [-0.05, 0) is 73.9 Å². The fourth-order valence-corrected chi connectivity index (χ4v) is 3.35. The Labute approximate surface area is 217 Å². The minimum absolute atomic E-state index is 0.0261. The lowest BCUT2D eigenvalue weighted by molar-refractivity contribution is -0.136. The summed E-state index contributed by atoms with van der Waals surface area (Å²) >= 11 is 6.20. The minimum atomic E-state index is -0.867. The van der Waals surface area contributed by atoms with Gasteiger partial charge in [0.25, 0.3) is 0 Å². The van der Waals surface area contributed by atoms with Crippen molar-refractivity contribution in [2.24, 2.45) is 0 Å². The lowest BCUT2D eigenvalue weighted by atomic mass is 10.1. The molecule has 3 aromatic carbocycles. The number of para-hydroxylation sites is 1. The molecule has 0 spiro atoms. The monoisotopic (exact) mass is 504 g/mol. The lowest BCUT2D eigenvalue weighted by Gasteiger charge is -2.14. The Kier molecular flexibility index (Phi) is 11.2. The summed E-state index contributed by atoms with van der Waals surface area (Å²) in [6.45, 7) is 5.86. The van der Waals surface area contributed by atoms with Crippen molar-refractivity contribution in [1.29, 1.82) is 0 Å². The minimum Gasteiger partial charge on any atom is -0.486 e. The molecule has 186 valence electrons. The number of rotatable bonds is 10. The van der Waals surface area contributed by atoms with Crippen LogP contribution >= 0.6 is 11.6 Å². The summed E-state index contributed by atoms with van der Waals surface area (Å²) < 4.78 is 18.0. The number of hydrogen-bond acceptors (Lipinski definition) is 4. The van der Waals surface area contributed by atoms with E-state index >= 15 is 0 Å². The van der Waals surface area contributed by atoms with E-state index in [0.29, 0.717) is 33.8 Å². The van der Waals surface area contributed by atoms with Crippen LogP contribution in [0.5, 0.6) is 23.0 Å². The molecule has 3 aromatic rings. The highest BCUT2D eigenvalue weighted by Crippen LogP contribution is 2.30. The third-order valence-electron chi connectivity index (χ3n) is 4.79. The third kappa shape index (κ3) is 9.25. The maximum absolute atomic E-state index is 11.0. The molecule has 5 nitrogen and oxygen atoms in total. The fourth-order valence-electron chi connectivity index (χ4n) is 3.23. The van der Waals surface area contributed by atoms with E-state index in [1.54, 1.807) is 30.4 Å². The highest BCUT2D eigenvalue weighted by molar-refractivity contribution is 6.31. The van der Waals surface area contributed by atoms with E-state index in [4.69, 9.17) is 30.9 Å². The van der Waals surface area contributed by atoms with Gasteiger partial charge in [-0.3, -0.25) is 4.79 Å². The summed E-state index contributed by atoms with van der Waals surface area (Å²) in [6.07, 6.45) is 11.5. The van der Waals surface area contributed by atoms with Crippen molar-refractivity contribution >= 4 is 17.6 Å². The first-order chi connectivity index (χ1) is 17.3. The first-order valence-corrected chi connectivity index (χ1v) is 11.5. The van der Waals surface area contributed by atoms with Gasteiger partial charge in [0.1, 0.15) is 35.4 Å². The molecule has 0 aromatic heterocycles. The van der Waals surface area contributed by atoms with Crippen molar-refractivity contribution in [3.05, 3.63) is 106 Å². The number of hydrogen-bond donors (Lipinski definition) is 1. The first kappa shape index (κ1) is 28.1. The van der Waals surface area contributed by atoms with Gasteiger partial charge in [-0.1, -0.05) is 48.0 Å². The van der Waals surface area contributed by atoms with Crippen molar-refractivity contribution in [3.63, 3.8) is 0 Å². The summed E-state index contributed by atoms with van der Waals surface area (Å²) in [5.41, 5.74) is 2.54. The molecule has 6 heteroatoms. The molecule has 36 heavy (non-hydrogen) atoms. The van der Waals surface area contributed by atoms with E-state index in [0.717, 1.165) is 16.7 Å². The van der Waals surface area contributed by atoms with Gasteiger partial charge >= 0.3 is 5.97 Å². The molecule has 0 saturated carbocycles. The van der Waals surface area contributed by atoms with Crippen LogP contribution in [0.3, 0.4) is 0 Å². The molecule has 3 rings (SSSR count). The molecule has 0 radical (unpaired) electrons. The van der Waals surface area contributed by atoms with Crippen molar-refractivity contribution in [1.82, 2.24) is 0 Å². The Morgan fingerprint density at radius 3 is 2.31 bits per heavy atom. The van der Waals surface area contributed by atoms with Crippen molar-refractivity contribution in [3.8, 4) is 35.8 Å². The highest BCUT2D eigenvalue weighted by Gasteiger charge is 2.09. The summed E-state index contributed by atoms with van der Waals surface area (Å²) in [5.74, 6) is 2.27. The Morgan fingerprint density at radius 2 is 1.67 bits per heavy atom. The van der Waals surface area contributed by atoms with Crippen molar-refractivity contribution in [2.75, 3.05) is 6.61 Å². The second kappa shape index (κ2) is 14.3. The molecule has 0 saturated heterocycles. The van der Waals surface area contributed by atoms with Gasteiger partial charge in [0.05, 0.1) is 6.42 Å². The average molecular weight is 505 g/mol. The topological polar surface area (TPSA) is 65.0 Å². The van der Waals surface area contributed by atoms with Gasteiger partial charge in [0, 0.05) is 11.1 Å². The number of carboxylic acids is 1. The number of ether oxygens (including phenoxy) is 3. The molecule has 0 unspecified atom stereocenters. The number of benzene rings is 3. The number of halogens is 1. The zero-order chi connectivity index (χ0) is 26.5. The normalized spacial score (nSPS) is 11.2. The number of allylic oxidation sites excluding steroid dienone is 3. The quantitative estimate of drug-likeness (QED) is 0.176. The summed E-state index contributed by atoms with van der Waals surface area (Å²) in [5, 5.41) is 9.54. The zero-order valence-corrected chi connectivity index (χ0v) is 21.3. The Balaban J connectivity index is 0.00000222. The predicted molar refractivity (Wildman–Crippen MR) is 144 cm³/mol. The number of carboxylic acid groups (broad SMARTS) is 1. The van der Waals surface area contributed by atoms with Crippen LogP contribution < -0.4 is 14.2 Å². The van der Waals surface area contributed by atoms with Gasteiger partial charge in [-0.2, -0.15) is 0 Å². The molecular formula is C30H29ClO5. The second-order valence-electron chi connectivity index (χ2n) is 7.74. The van der Waals surface area contributed by atoms with Crippen LogP contribution in [-0.4, -0.2) is 17.7 Å². The lowest BCUT2D eigenvalue weighted by Crippen LogP contribution is -2.08. The molecular weight excluding hydrogens is 476 g/mol. The summed E-state index contributed by atoms with van der Waals surface area (Å²) in [4.78, 5) is 11.0. The van der Waals surface area contributed by atoms with Gasteiger partial charge in [-0.25, -0.2) is 0 Å². The van der Waals surface area contributed by atoms with Crippen molar-refractivity contribution in [2.45, 2.75) is 27.2 Å². The van der Waals surface area contributed by atoms with E-state index < -0.39 is 5.97 Å². The van der Waals surface area contributed by atoms with Crippen LogP contribution in [0.1, 0.15) is 23.6 Å². The van der Waals surface area contributed by atoms with E-state index in [-0.39, 0.29) is 13.0 Å². The average Bonchev–Trinajstić information content (AvgIpc) is 2.85. The molecule has 0 fully saturated rings. The zero-order valence-electron chi connectivity index (χ0n) is 20.5. The number of terminal acetylenes is 1. The SMILES string of the molecule is C#C.C/C=C(Cl)\C=C(/COc1cc(C)cc(Oc2ccc(CC(=O)O)cc2C)c1)Oc1ccccc1. The third-order valence-corrected chi connectivity index (χ3v) is 5.12. The van der Waals surface area contributed by atoms with Gasteiger partial charge < -0.3 is 19.3 Å². The number of aryl methyl sites for hydroxylation is 2. The van der Waals surface area contributed by atoms with Gasteiger partial charge in [0.2, 0.25) is 0 Å². The van der Waals surface area contributed by atoms with Crippen LogP contribution in [-0.2, 0) is 11.2 Å². The summed E-state index contributed by atoms with van der Waals surface area (Å²) in [6, 6.07) is 20.4. The van der Waals surface area contributed by atoms with Gasteiger partial charge in [-0.15, -0.1) is 12.8 Å². The highest BCUT2D eigenvalue weighted by atomic mass is 35.5. The van der Waals surface area contributed by atoms with E-state index in [9.17, 15) is 4.79 Å². The first-order valence-electron chi connectivity index (χ1n) is 11.1. The predicted octanol–water partition coefficient (Wildman–Crippen LogP) is 7.46. The van der Waals surface area contributed by atoms with E-state index in [1.165, 1.54) is 0 Å². The van der Waals surface area contributed by atoms with Crippen LogP contribution in [0.15, 0.2) is 89.7 Å². The second-order valence-corrected chi connectivity index (χ2v) is 8.18. The Morgan fingerprint density at radius 1 is 0.972 bits per heavy atom. The molecule has 0 heterocycles. The van der Waals surface area contributed by atoms with Crippen LogP contribution in [0.25, 0.3) is 0 Å². The van der Waals surface area contributed by atoms with E-state index in [1.807, 2.05) is 69.3 Å². The molecule has 0 atom stereocenters. The molecule has 1 N–H and O–H groups in total. The standard InChI is InChI=1S/C28H27ClO5.C2H2/c1-4-22(29)16-26(33-23-8-6-5-7-9-23)18-32-24-12-19(2)13-25(17-24)34-27-11-10-21(14-20(27)3)15-28(30)31;1-2/h4-14,16-17H,15,18H2,1-3H3,(H,30,31);1-2H/b22-4+,26-16+;. The molecule has 0 aliphatic heterocycles. The number of carbonyl (C=O) groups is 1. The smallest absolute Gasteiger partial charge is 0.307 e. The largest absolute Gasteiger partial charge is 0.486 e. The maximum atomic E-state index is 11.0. The van der Waals surface area contributed by atoms with Crippen LogP contribution in [0.4, 0.5) is 0 Å². The Hall–Kier alpha value is -4.14. The number of aliphatic carboxylic acids is 1. The summed E-state index contributed by atoms with van der Waals surface area (Å²) in [7, 11) is 0. The molecule has 0 amide bonds. The fraction of sp³-hybridized carbons (Fsp3) is 0.167. The molecule has 0 aliphatic carbocycles.